The van der Waals surface area contributed by atoms with Gasteiger partial charge in [0.15, 0.2) is 6.10 Å². The van der Waals surface area contributed by atoms with Gasteiger partial charge in [0.1, 0.15) is 17.2 Å². The van der Waals surface area contributed by atoms with E-state index in [0.29, 0.717) is 50.6 Å². The Balaban J connectivity index is 1.33. The molecule has 14 heteroatoms. The first-order valence-electron chi connectivity index (χ1n) is 24.9. The summed E-state index contributed by atoms with van der Waals surface area (Å²) in [5.74, 6) is -0.0730. The normalized spacial score (nSPS) is 15.6. The maximum atomic E-state index is 14.6. The van der Waals surface area contributed by atoms with Gasteiger partial charge in [-0.3, -0.25) is 14.4 Å². The van der Waals surface area contributed by atoms with Crippen molar-refractivity contribution in [1.82, 2.24) is 5.43 Å². The molecule has 69 heavy (non-hydrogen) atoms. The van der Waals surface area contributed by atoms with Gasteiger partial charge in [-0.25, -0.2) is 10.4 Å². The third-order valence-electron chi connectivity index (χ3n) is 13.4. The van der Waals surface area contributed by atoms with E-state index in [1.165, 1.54) is 85.8 Å². The largest absolute Gasteiger partial charge is 0.480 e. The summed E-state index contributed by atoms with van der Waals surface area (Å²) in [6.07, 6.45) is 14.4. The van der Waals surface area contributed by atoms with Crippen molar-refractivity contribution in [2.45, 2.75) is 185 Å². The van der Waals surface area contributed by atoms with Crippen LogP contribution in [0.2, 0.25) is 20.1 Å². The predicted octanol–water partition coefficient (Wildman–Crippen LogP) is 16.6. The molecule has 4 aromatic carbocycles. The average Bonchev–Trinajstić information content (AvgIpc) is 3.60. The Kier molecular flexibility index (Phi) is 21.8. The van der Waals surface area contributed by atoms with E-state index in [1.54, 1.807) is 24.3 Å². The van der Waals surface area contributed by atoms with Crippen molar-refractivity contribution >= 4 is 98.6 Å². The molecule has 0 aliphatic carbocycles. The van der Waals surface area contributed by atoms with Gasteiger partial charge in [-0.2, -0.15) is 0 Å². The monoisotopic (exact) mass is 1040 g/mol. The lowest BCUT2D eigenvalue weighted by Gasteiger charge is -2.31. The summed E-state index contributed by atoms with van der Waals surface area (Å²) in [6.45, 7) is 17.4. The number of ether oxygens (including phenoxy) is 1. The highest BCUT2D eigenvalue weighted by atomic mass is 35.5. The minimum atomic E-state index is -0.857. The minimum absolute atomic E-state index is 0.0192. The Labute approximate surface area is 436 Å². The van der Waals surface area contributed by atoms with Crippen molar-refractivity contribution < 1.29 is 19.1 Å². The van der Waals surface area contributed by atoms with Crippen LogP contribution in [0.4, 0.5) is 22.7 Å². The molecule has 1 aliphatic heterocycles. The molecule has 0 spiro atoms. The van der Waals surface area contributed by atoms with Crippen LogP contribution in [0.15, 0.2) is 77.7 Å². The molecule has 1 fully saturated rings. The fourth-order valence-corrected chi connectivity index (χ4v) is 10.5. The van der Waals surface area contributed by atoms with E-state index in [4.69, 9.17) is 51.1 Å². The number of nitrogens with one attached hydrogen (secondary N) is 4. The number of para-hydroxylation sites is 1. The van der Waals surface area contributed by atoms with Gasteiger partial charge in [-0.1, -0.05) is 190 Å². The molecule has 3 unspecified atom stereocenters. The van der Waals surface area contributed by atoms with Crippen LogP contribution in [0, 0.1) is 0 Å². The number of hydrogen-bond donors (Lipinski definition) is 4. The summed E-state index contributed by atoms with van der Waals surface area (Å²) in [4.78, 5) is 42.6. The number of thioether (sulfide) groups is 1. The highest BCUT2D eigenvalue weighted by molar-refractivity contribution is 8.01. The number of hydrogen-bond acceptors (Lipinski definition) is 7. The molecule has 3 amide bonds. The zero-order valence-corrected chi connectivity index (χ0v) is 45.6. The quantitative estimate of drug-likeness (QED) is 0.0440. The van der Waals surface area contributed by atoms with Gasteiger partial charge in [-0.05, 0) is 90.6 Å². The summed E-state index contributed by atoms with van der Waals surface area (Å²) < 4.78 is 6.61. The fourth-order valence-electron chi connectivity index (χ4n) is 8.22. The van der Waals surface area contributed by atoms with Crippen molar-refractivity contribution in [3.63, 3.8) is 0 Å². The van der Waals surface area contributed by atoms with Gasteiger partial charge in [0.25, 0.3) is 11.8 Å². The average molecular weight is 1040 g/mol. The summed E-state index contributed by atoms with van der Waals surface area (Å²) in [7, 11) is 0. The zero-order chi connectivity index (χ0) is 50.3. The molecular formula is C55H73Cl4N5O4S. The van der Waals surface area contributed by atoms with E-state index < -0.39 is 17.5 Å². The van der Waals surface area contributed by atoms with Crippen LogP contribution in [0.3, 0.4) is 0 Å². The van der Waals surface area contributed by atoms with Gasteiger partial charge in [0, 0.05) is 27.6 Å². The second kappa shape index (κ2) is 26.7. The van der Waals surface area contributed by atoms with Gasteiger partial charge in [0.2, 0.25) is 5.91 Å². The molecule has 0 radical (unpaired) electrons. The predicted molar refractivity (Wildman–Crippen MR) is 293 cm³/mol. The van der Waals surface area contributed by atoms with E-state index in [9.17, 15) is 14.4 Å². The molecular weight excluding hydrogens is 969 g/mol. The lowest BCUT2D eigenvalue weighted by molar-refractivity contribution is -0.123. The van der Waals surface area contributed by atoms with Gasteiger partial charge >= 0.3 is 0 Å². The number of anilines is 4. The minimum Gasteiger partial charge on any atom is -0.480 e. The van der Waals surface area contributed by atoms with E-state index in [-0.39, 0.29) is 44.3 Å². The van der Waals surface area contributed by atoms with Crippen molar-refractivity contribution in [2.24, 2.45) is 0 Å². The Morgan fingerprint density at radius 1 is 0.725 bits per heavy atom. The number of carbonyl (C=O) groups excluding carboxylic acids is 3. The lowest BCUT2D eigenvalue weighted by atomic mass is 9.76. The first-order valence-corrected chi connectivity index (χ1v) is 27.3. The topological polar surface area (TPSA) is 112 Å². The van der Waals surface area contributed by atoms with Crippen molar-refractivity contribution in [2.75, 3.05) is 21.0 Å². The molecule has 5 rings (SSSR count). The number of unbranched alkanes of at least 4 members (excludes halogenated alkanes) is 10. The highest BCUT2D eigenvalue weighted by Gasteiger charge is 2.44. The van der Waals surface area contributed by atoms with Crippen LogP contribution in [0.1, 0.15) is 163 Å². The van der Waals surface area contributed by atoms with E-state index in [0.717, 1.165) is 37.7 Å². The number of hydrazine groups is 1. The van der Waals surface area contributed by atoms with Crippen LogP contribution in [-0.2, 0) is 25.2 Å². The summed E-state index contributed by atoms with van der Waals surface area (Å²) in [5.41, 5.74) is 7.14. The fraction of sp³-hybridized carbons (Fsp3) is 0.509. The first kappa shape index (κ1) is 56.3. The second-order valence-corrected chi connectivity index (χ2v) is 22.2. The number of carbonyl (C=O) groups is 3. The number of rotatable bonds is 27. The second-order valence-electron chi connectivity index (χ2n) is 19.4. The maximum absolute atomic E-state index is 14.6. The molecule has 0 bridgehead atoms. The van der Waals surface area contributed by atoms with Crippen LogP contribution in [0.5, 0.6) is 5.75 Å². The van der Waals surface area contributed by atoms with Crippen molar-refractivity contribution in [3.8, 4) is 5.75 Å². The van der Waals surface area contributed by atoms with Crippen molar-refractivity contribution in [1.29, 1.82) is 0 Å². The molecule has 3 atom stereocenters. The molecule has 1 heterocycles. The number of nitrogens with zero attached hydrogens (tertiary/aromatic N) is 1. The SMILES string of the molecule is CCCCCCCCCCCCCC(=O)Nc1ccc(Cl)c(NC2NN(c3c(Cl)cc(Cl)cc3Cl)C(=O)C2Sc2ccccc2NC(=O)C(CC)Oc2ccc(C(C)(C)CC)cc2C(C)(C)CC)c1. The standard InChI is InChI=1S/C55H73Cl4N5O4S/c1-9-13-14-15-16-17-18-19-20-21-22-27-48(65)60-38-29-30-40(57)44(35-38)61-51-50(53(67)64(63-51)49-41(58)33-37(56)34-42(49)59)69-47-26-24-23-25-43(47)62-52(66)45(10-2)68-46-31-28-36(54(5,6)11-3)32-39(46)55(7,8)12-4/h23-26,28-35,45,50-51,61,63H,9-22,27H2,1-8H3,(H,60,65)(H,62,66). The van der Waals surface area contributed by atoms with Gasteiger partial charge in [0.05, 0.1) is 32.1 Å². The third kappa shape index (κ3) is 15.7. The summed E-state index contributed by atoms with van der Waals surface area (Å²) >= 11 is 27.7. The molecule has 1 saturated heterocycles. The first-order chi connectivity index (χ1) is 32.9. The van der Waals surface area contributed by atoms with Crippen LogP contribution >= 0.6 is 58.2 Å². The lowest BCUT2D eigenvalue weighted by Crippen LogP contribution is -2.42. The Bertz CT molecular complexity index is 2340. The highest BCUT2D eigenvalue weighted by Crippen LogP contribution is 2.43. The maximum Gasteiger partial charge on any atom is 0.265 e. The van der Waals surface area contributed by atoms with Crippen LogP contribution in [-0.4, -0.2) is 35.2 Å². The molecule has 4 aromatic rings. The summed E-state index contributed by atoms with van der Waals surface area (Å²) in [6, 6.07) is 21.9. The van der Waals surface area contributed by atoms with E-state index in [2.05, 4.69) is 82.0 Å². The molecule has 0 aromatic heterocycles. The Morgan fingerprint density at radius 3 is 1.97 bits per heavy atom. The Hall–Kier alpha value is -3.64. The molecule has 376 valence electrons. The number of halogens is 4. The summed E-state index contributed by atoms with van der Waals surface area (Å²) in [5, 5.41) is 11.1. The molecule has 0 saturated carbocycles. The molecule has 4 N–H and O–H groups in total. The van der Waals surface area contributed by atoms with Crippen LogP contribution in [0.25, 0.3) is 0 Å². The third-order valence-corrected chi connectivity index (χ3v) is 15.9. The van der Waals surface area contributed by atoms with E-state index in [1.807, 2.05) is 31.2 Å². The molecule has 1 aliphatic rings. The van der Waals surface area contributed by atoms with Crippen LogP contribution < -0.4 is 31.1 Å². The number of benzene rings is 4. The van der Waals surface area contributed by atoms with E-state index >= 15 is 0 Å². The number of amides is 3. The smallest absolute Gasteiger partial charge is 0.265 e. The van der Waals surface area contributed by atoms with Gasteiger partial charge in [-0.15, -0.1) is 11.8 Å². The van der Waals surface area contributed by atoms with Gasteiger partial charge < -0.3 is 20.7 Å². The molecule has 9 nitrogen and oxygen atoms in total. The zero-order valence-electron chi connectivity index (χ0n) is 41.8. The Morgan fingerprint density at radius 2 is 1.35 bits per heavy atom. The van der Waals surface area contributed by atoms with Crippen molar-refractivity contribution in [3.05, 3.63) is 104 Å².